The summed E-state index contributed by atoms with van der Waals surface area (Å²) >= 11 is 0. The summed E-state index contributed by atoms with van der Waals surface area (Å²) < 4.78 is 5.77. The van der Waals surface area contributed by atoms with Gasteiger partial charge in [-0.15, -0.1) is 0 Å². The standard InChI is InChI=1S/C15H14N2O2/c18-15-16-10-14(17-15)11-5-4-8-13(9-11)19-12-6-2-1-3-7-12/h1-9,14H,10H2,(H2,16,17,18)/t14-/m1/s1. The molecule has 0 spiro atoms. The van der Waals surface area contributed by atoms with Crippen molar-refractivity contribution in [1.29, 1.82) is 0 Å². The van der Waals surface area contributed by atoms with Crippen molar-refractivity contribution in [2.45, 2.75) is 6.04 Å². The highest BCUT2D eigenvalue weighted by molar-refractivity contribution is 5.76. The van der Waals surface area contributed by atoms with Gasteiger partial charge in [0.05, 0.1) is 6.04 Å². The number of benzene rings is 2. The molecule has 96 valence electrons. The van der Waals surface area contributed by atoms with Crippen LogP contribution in [0.15, 0.2) is 54.6 Å². The Balaban J connectivity index is 1.78. The van der Waals surface area contributed by atoms with Crippen LogP contribution in [-0.4, -0.2) is 12.6 Å². The van der Waals surface area contributed by atoms with Crippen molar-refractivity contribution in [3.8, 4) is 11.5 Å². The molecule has 2 amide bonds. The van der Waals surface area contributed by atoms with Gasteiger partial charge in [0.25, 0.3) is 0 Å². The summed E-state index contributed by atoms with van der Waals surface area (Å²) in [6.45, 7) is 0.605. The smallest absolute Gasteiger partial charge is 0.315 e. The van der Waals surface area contributed by atoms with E-state index >= 15 is 0 Å². The lowest BCUT2D eigenvalue weighted by molar-refractivity contribution is 0.247. The zero-order valence-electron chi connectivity index (χ0n) is 10.3. The molecular formula is C15H14N2O2. The van der Waals surface area contributed by atoms with Crippen LogP contribution in [0, 0.1) is 0 Å². The Bertz CT molecular complexity index is 584. The zero-order chi connectivity index (χ0) is 13.1. The minimum atomic E-state index is -0.126. The van der Waals surface area contributed by atoms with Gasteiger partial charge in [0.1, 0.15) is 11.5 Å². The van der Waals surface area contributed by atoms with Gasteiger partial charge >= 0.3 is 6.03 Å². The van der Waals surface area contributed by atoms with Gasteiger partial charge in [-0.1, -0.05) is 30.3 Å². The van der Waals surface area contributed by atoms with Gasteiger partial charge in [-0.05, 0) is 29.8 Å². The van der Waals surface area contributed by atoms with Gasteiger partial charge in [-0.25, -0.2) is 4.79 Å². The number of ether oxygens (including phenoxy) is 1. The molecule has 1 saturated heterocycles. The minimum Gasteiger partial charge on any atom is -0.457 e. The number of carbonyl (C=O) groups excluding carboxylic acids is 1. The number of para-hydroxylation sites is 1. The molecule has 0 aromatic heterocycles. The second-order valence-electron chi connectivity index (χ2n) is 4.39. The Morgan fingerprint density at radius 2 is 1.79 bits per heavy atom. The number of hydrogen-bond donors (Lipinski definition) is 2. The Morgan fingerprint density at radius 1 is 1.00 bits per heavy atom. The number of carbonyl (C=O) groups is 1. The molecule has 1 fully saturated rings. The zero-order valence-corrected chi connectivity index (χ0v) is 10.3. The molecule has 0 aliphatic carbocycles. The first-order valence-electron chi connectivity index (χ1n) is 6.18. The Labute approximate surface area is 111 Å². The summed E-state index contributed by atoms with van der Waals surface area (Å²) in [6.07, 6.45) is 0. The molecule has 1 heterocycles. The molecule has 0 bridgehead atoms. The maximum Gasteiger partial charge on any atom is 0.315 e. The highest BCUT2D eigenvalue weighted by Crippen LogP contribution is 2.25. The van der Waals surface area contributed by atoms with Crippen LogP contribution in [0.25, 0.3) is 0 Å². The second kappa shape index (κ2) is 5.02. The van der Waals surface area contributed by atoms with Crippen molar-refractivity contribution in [3.05, 3.63) is 60.2 Å². The lowest BCUT2D eigenvalue weighted by Gasteiger charge is -2.11. The average Bonchev–Trinajstić information content (AvgIpc) is 2.87. The minimum absolute atomic E-state index is 0.00632. The second-order valence-corrected chi connectivity index (χ2v) is 4.39. The number of rotatable bonds is 3. The van der Waals surface area contributed by atoms with Crippen LogP contribution in [0.5, 0.6) is 11.5 Å². The predicted octanol–water partition coefficient (Wildman–Crippen LogP) is 2.83. The summed E-state index contributed by atoms with van der Waals surface area (Å²) in [6, 6.07) is 17.3. The van der Waals surface area contributed by atoms with E-state index in [1.807, 2.05) is 54.6 Å². The maximum absolute atomic E-state index is 11.1. The van der Waals surface area contributed by atoms with Crippen LogP contribution in [0.1, 0.15) is 11.6 Å². The third-order valence-corrected chi connectivity index (χ3v) is 3.01. The number of urea groups is 1. The van der Waals surface area contributed by atoms with Gasteiger partial charge in [-0.2, -0.15) is 0 Å². The van der Waals surface area contributed by atoms with Gasteiger partial charge in [0, 0.05) is 6.54 Å². The van der Waals surface area contributed by atoms with Crippen LogP contribution in [0.2, 0.25) is 0 Å². The number of hydrogen-bond acceptors (Lipinski definition) is 2. The topological polar surface area (TPSA) is 50.4 Å². The molecule has 2 aromatic rings. The predicted molar refractivity (Wildman–Crippen MR) is 72.2 cm³/mol. The molecule has 1 aliphatic heterocycles. The molecule has 1 aliphatic rings. The summed E-state index contributed by atoms with van der Waals surface area (Å²) in [5.74, 6) is 1.57. The molecule has 1 atom stereocenters. The highest BCUT2D eigenvalue weighted by atomic mass is 16.5. The molecule has 4 nitrogen and oxygen atoms in total. The quantitative estimate of drug-likeness (QED) is 0.884. The lowest BCUT2D eigenvalue weighted by Crippen LogP contribution is -2.21. The summed E-state index contributed by atoms with van der Waals surface area (Å²) in [5, 5.41) is 5.60. The van der Waals surface area contributed by atoms with Gasteiger partial charge < -0.3 is 15.4 Å². The van der Waals surface area contributed by atoms with E-state index in [-0.39, 0.29) is 12.1 Å². The Morgan fingerprint density at radius 3 is 2.53 bits per heavy atom. The van der Waals surface area contributed by atoms with Crippen molar-refractivity contribution in [2.24, 2.45) is 0 Å². The largest absolute Gasteiger partial charge is 0.457 e. The molecule has 2 N–H and O–H groups in total. The van der Waals surface area contributed by atoms with Crippen LogP contribution >= 0.6 is 0 Å². The van der Waals surface area contributed by atoms with Gasteiger partial charge in [0.15, 0.2) is 0 Å². The lowest BCUT2D eigenvalue weighted by atomic mass is 10.1. The van der Waals surface area contributed by atoms with E-state index in [9.17, 15) is 4.79 Å². The van der Waals surface area contributed by atoms with E-state index in [1.54, 1.807) is 0 Å². The average molecular weight is 254 g/mol. The first-order valence-corrected chi connectivity index (χ1v) is 6.18. The Hall–Kier alpha value is -2.49. The fraction of sp³-hybridized carbons (Fsp3) is 0.133. The molecular weight excluding hydrogens is 240 g/mol. The fourth-order valence-electron chi connectivity index (χ4n) is 2.08. The third kappa shape index (κ3) is 2.68. The van der Waals surface area contributed by atoms with Crippen LogP contribution in [0.4, 0.5) is 4.79 Å². The number of amides is 2. The summed E-state index contributed by atoms with van der Waals surface area (Å²) in [7, 11) is 0. The van der Waals surface area contributed by atoms with E-state index in [2.05, 4.69) is 10.6 Å². The van der Waals surface area contributed by atoms with Crippen LogP contribution in [-0.2, 0) is 0 Å². The fourth-order valence-corrected chi connectivity index (χ4v) is 2.08. The van der Waals surface area contributed by atoms with E-state index in [0.29, 0.717) is 6.54 Å². The van der Waals surface area contributed by atoms with Crippen molar-refractivity contribution in [2.75, 3.05) is 6.54 Å². The molecule has 19 heavy (non-hydrogen) atoms. The van der Waals surface area contributed by atoms with Crippen molar-refractivity contribution < 1.29 is 9.53 Å². The summed E-state index contributed by atoms with van der Waals surface area (Å²) in [5.41, 5.74) is 1.03. The molecule has 0 radical (unpaired) electrons. The van der Waals surface area contributed by atoms with Gasteiger partial charge in [0.2, 0.25) is 0 Å². The summed E-state index contributed by atoms with van der Waals surface area (Å²) in [4.78, 5) is 11.1. The molecule has 3 rings (SSSR count). The van der Waals surface area contributed by atoms with Crippen LogP contribution in [0.3, 0.4) is 0 Å². The molecule has 0 saturated carbocycles. The maximum atomic E-state index is 11.1. The van der Waals surface area contributed by atoms with E-state index in [1.165, 1.54) is 0 Å². The molecule has 4 heteroatoms. The van der Waals surface area contributed by atoms with Gasteiger partial charge in [-0.3, -0.25) is 0 Å². The van der Waals surface area contributed by atoms with Crippen molar-refractivity contribution in [3.63, 3.8) is 0 Å². The molecule has 2 aromatic carbocycles. The Kier molecular flexibility index (Phi) is 3.06. The number of nitrogens with one attached hydrogen (secondary N) is 2. The van der Waals surface area contributed by atoms with E-state index in [4.69, 9.17) is 4.74 Å². The van der Waals surface area contributed by atoms with E-state index < -0.39 is 0 Å². The first-order chi connectivity index (χ1) is 9.31. The highest BCUT2D eigenvalue weighted by Gasteiger charge is 2.21. The van der Waals surface area contributed by atoms with Crippen molar-refractivity contribution >= 4 is 6.03 Å². The first kappa shape index (κ1) is 11.6. The molecule has 0 unspecified atom stereocenters. The normalized spacial score (nSPS) is 17.7. The van der Waals surface area contributed by atoms with Crippen molar-refractivity contribution in [1.82, 2.24) is 10.6 Å². The van der Waals surface area contributed by atoms with Crippen LogP contribution < -0.4 is 15.4 Å². The monoisotopic (exact) mass is 254 g/mol. The SMILES string of the molecule is O=C1NC[C@H](c2cccc(Oc3ccccc3)c2)N1. The third-order valence-electron chi connectivity index (χ3n) is 3.01. The van der Waals surface area contributed by atoms with E-state index in [0.717, 1.165) is 17.1 Å².